The first-order valence-corrected chi connectivity index (χ1v) is 7.74. The van der Waals surface area contributed by atoms with Crippen molar-refractivity contribution in [3.05, 3.63) is 45.8 Å². The fourth-order valence-electron chi connectivity index (χ4n) is 2.67. The fourth-order valence-corrected chi connectivity index (χ4v) is 3.00. The van der Waals surface area contributed by atoms with E-state index in [-0.39, 0.29) is 5.82 Å². The van der Waals surface area contributed by atoms with Crippen LogP contribution >= 0.6 is 15.9 Å². The number of nitrogens with one attached hydrogen (secondary N) is 1. The maximum Gasteiger partial charge on any atom is 0.178 e. The van der Waals surface area contributed by atoms with Gasteiger partial charge in [-0.05, 0) is 55.5 Å². The predicted octanol–water partition coefficient (Wildman–Crippen LogP) is 4.71. The maximum absolute atomic E-state index is 14.1. The molecular weight excluding hydrogens is 333 g/mol. The Morgan fingerprint density at radius 3 is 2.76 bits per heavy atom. The van der Waals surface area contributed by atoms with E-state index in [1.165, 1.54) is 24.5 Å². The number of hydrogen-bond acceptors (Lipinski definition) is 2. The molecule has 0 spiro atoms. The highest BCUT2D eigenvalue weighted by molar-refractivity contribution is 9.10. The molecule has 21 heavy (non-hydrogen) atoms. The molecule has 1 N–H and O–H groups in total. The Morgan fingerprint density at radius 2 is 2.05 bits per heavy atom. The molecule has 3 nitrogen and oxygen atoms in total. The molecule has 0 unspecified atom stereocenters. The van der Waals surface area contributed by atoms with Crippen molar-refractivity contribution in [2.75, 3.05) is 0 Å². The van der Waals surface area contributed by atoms with Crippen molar-refractivity contribution in [2.45, 2.75) is 25.7 Å². The number of aryl methyl sites for hydroxylation is 1. The normalized spacial score (nSPS) is 14.8. The van der Waals surface area contributed by atoms with Crippen LogP contribution in [0.2, 0.25) is 0 Å². The molecule has 5 heteroatoms. The van der Waals surface area contributed by atoms with Gasteiger partial charge in [-0.1, -0.05) is 15.9 Å². The third-order valence-electron chi connectivity index (χ3n) is 3.82. The predicted molar refractivity (Wildman–Crippen MR) is 83.7 cm³/mol. The van der Waals surface area contributed by atoms with Gasteiger partial charge in [-0.15, -0.1) is 0 Å². The number of imidazole rings is 1. The lowest BCUT2D eigenvalue weighted by Gasteiger charge is -2.01. The second kappa shape index (κ2) is 4.63. The Hall–Kier alpha value is -1.75. The fraction of sp³-hybridized carbons (Fsp3) is 0.250. The zero-order chi connectivity index (χ0) is 14.6. The number of hydrogen-bond donors (Lipinski definition) is 1. The summed E-state index contributed by atoms with van der Waals surface area (Å²) in [7, 11) is 0. The summed E-state index contributed by atoms with van der Waals surface area (Å²) in [6, 6.07) is 7.09. The minimum absolute atomic E-state index is 0.298. The van der Waals surface area contributed by atoms with Gasteiger partial charge in [0.25, 0.3) is 0 Å². The van der Waals surface area contributed by atoms with E-state index in [4.69, 9.17) is 0 Å². The minimum atomic E-state index is -0.298. The molecule has 3 aromatic rings. The number of nitrogens with zero attached hydrogens (tertiary/aromatic N) is 2. The first-order valence-electron chi connectivity index (χ1n) is 6.94. The van der Waals surface area contributed by atoms with Gasteiger partial charge in [-0.2, -0.15) is 0 Å². The van der Waals surface area contributed by atoms with Gasteiger partial charge in [-0.3, -0.25) is 0 Å². The molecule has 1 aromatic carbocycles. The molecule has 0 amide bonds. The molecule has 106 valence electrons. The number of pyridine rings is 1. The second-order valence-electron chi connectivity index (χ2n) is 5.54. The lowest BCUT2D eigenvalue weighted by Crippen LogP contribution is -1.89. The van der Waals surface area contributed by atoms with Crippen molar-refractivity contribution in [3.8, 4) is 11.4 Å². The number of rotatable bonds is 2. The topological polar surface area (TPSA) is 41.6 Å². The van der Waals surface area contributed by atoms with E-state index in [2.05, 4.69) is 36.9 Å². The monoisotopic (exact) mass is 345 g/mol. The van der Waals surface area contributed by atoms with Crippen LogP contribution in [0.5, 0.6) is 0 Å². The van der Waals surface area contributed by atoms with E-state index in [1.807, 2.05) is 13.0 Å². The number of benzene rings is 1. The maximum atomic E-state index is 14.1. The molecular formula is C16H13BrFN3. The standard InChI is InChI=1S/C16H13BrFN3/c1-8-6-12(9-2-3-9)14-16(19-8)21-15(20-14)11-5-4-10(17)7-13(11)18/h4-7,9H,2-3H2,1H3,(H,19,20,21). The van der Waals surface area contributed by atoms with Crippen LogP contribution in [0.15, 0.2) is 28.7 Å². The van der Waals surface area contributed by atoms with Crippen molar-refractivity contribution in [1.29, 1.82) is 0 Å². The van der Waals surface area contributed by atoms with Gasteiger partial charge in [-0.25, -0.2) is 14.4 Å². The Balaban J connectivity index is 1.92. The summed E-state index contributed by atoms with van der Waals surface area (Å²) >= 11 is 3.27. The summed E-state index contributed by atoms with van der Waals surface area (Å²) < 4.78 is 14.8. The van der Waals surface area contributed by atoms with Gasteiger partial charge in [0.2, 0.25) is 0 Å². The van der Waals surface area contributed by atoms with Crippen LogP contribution < -0.4 is 0 Å². The van der Waals surface area contributed by atoms with Gasteiger partial charge in [0.1, 0.15) is 11.6 Å². The van der Waals surface area contributed by atoms with Crippen LogP contribution in [0.1, 0.15) is 30.0 Å². The lowest BCUT2D eigenvalue weighted by atomic mass is 10.1. The Morgan fingerprint density at radius 1 is 1.24 bits per heavy atom. The summed E-state index contributed by atoms with van der Waals surface area (Å²) in [6.45, 7) is 1.97. The number of fused-ring (bicyclic) bond motifs is 1. The molecule has 0 atom stereocenters. The van der Waals surface area contributed by atoms with E-state index < -0.39 is 0 Å². The van der Waals surface area contributed by atoms with Gasteiger partial charge >= 0.3 is 0 Å². The number of aromatic nitrogens is 3. The number of aromatic amines is 1. The molecule has 1 aliphatic rings. The SMILES string of the molecule is Cc1cc(C2CC2)c2[nH]c(-c3ccc(Br)cc3F)nc2n1. The zero-order valence-corrected chi connectivity index (χ0v) is 13.0. The summed E-state index contributed by atoms with van der Waals surface area (Å²) in [5.74, 6) is 0.834. The van der Waals surface area contributed by atoms with E-state index in [9.17, 15) is 4.39 Å². The third-order valence-corrected chi connectivity index (χ3v) is 4.32. The molecule has 0 saturated heterocycles. The molecule has 0 radical (unpaired) electrons. The molecule has 2 aromatic heterocycles. The molecule has 0 aliphatic heterocycles. The van der Waals surface area contributed by atoms with Crippen LogP contribution in [0, 0.1) is 12.7 Å². The number of halogens is 2. The summed E-state index contributed by atoms with van der Waals surface area (Å²) in [6.07, 6.45) is 2.42. The Kier molecular flexibility index (Phi) is 2.85. The van der Waals surface area contributed by atoms with Crippen molar-refractivity contribution < 1.29 is 4.39 Å². The van der Waals surface area contributed by atoms with E-state index in [0.29, 0.717) is 27.4 Å². The molecule has 4 rings (SSSR count). The number of H-pyrrole nitrogens is 1. The molecule has 1 aliphatic carbocycles. The molecule has 2 heterocycles. The van der Waals surface area contributed by atoms with Crippen LogP contribution in [-0.4, -0.2) is 15.0 Å². The van der Waals surface area contributed by atoms with Crippen molar-refractivity contribution in [2.24, 2.45) is 0 Å². The van der Waals surface area contributed by atoms with Crippen molar-refractivity contribution >= 4 is 27.1 Å². The zero-order valence-electron chi connectivity index (χ0n) is 11.5. The summed E-state index contributed by atoms with van der Waals surface area (Å²) in [5.41, 5.74) is 4.30. The third kappa shape index (κ3) is 2.25. The van der Waals surface area contributed by atoms with Gasteiger partial charge in [0, 0.05) is 10.2 Å². The van der Waals surface area contributed by atoms with E-state index in [0.717, 1.165) is 11.2 Å². The van der Waals surface area contributed by atoms with Crippen LogP contribution in [0.25, 0.3) is 22.6 Å². The largest absolute Gasteiger partial charge is 0.336 e. The minimum Gasteiger partial charge on any atom is -0.336 e. The summed E-state index contributed by atoms with van der Waals surface area (Å²) in [5, 5.41) is 0. The van der Waals surface area contributed by atoms with E-state index >= 15 is 0 Å². The Bertz CT molecular complexity index is 852. The van der Waals surface area contributed by atoms with Crippen molar-refractivity contribution in [1.82, 2.24) is 15.0 Å². The summed E-state index contributed by atoms with van der Waals surface area (Å²) in [4.78, 5) is 12.2. The first kappa shape index (κ1) is 13.0. The van der Waals surface area contributed by atoms with Gasteiger partial charge < -0.3 is 4.98 Å². The van der Waals surface area contributed by atoms with Gasteiger partial charge in [0.15, 0.2) is 5.65 Å². The quantitative estimate of drug-likeness (QED) is 0.730. The van der Waals surface area contributed by atoms with Crippen LogP contribution in [0.3, 0.4) is 0 Å². The van der Waals surface area contributed by atoms with E-state index in [1.54, 1.807) is 6.07 Å². The highest BCUT2D eigenvalue weighted by Gasteiger charge is 2.27. The smallest absolute Gasteiger partial charge is 0.178 e. The lowest BCUT2D eigenvalue weighted by molar-refractivity contribution is 0.629. The molecule has 0 bridgehead atoms. The first-order chi connectivity index (χ1) is 10.1. The highest BCUT2D eigenvalue weighted by Crippen LogP contribution is 2.43. The second-order valence-corrected chi connectivity index (χ2v) is 6.45. The molecule has 1 saturated carbocycles. The highest BCUT2D eigenvalue weighted by atomic mass is 79.9. The van der Waals surface area contributed by atoms with Crippen LogP contribution in [0.4, 0.5) is 4.39 Å². The molecule has 1 fully saturated rings. The average Bonchev–Trinajstić information content (AvgIpc) is 3.18. The van der Waals surface area contributed by atoms with Crippen LogP contribution in [-0.2, 0) is 0 Å². The van der Waals surface area contributed by atoms with Gasteiger partial charge in [0.05, 0.1) is 11.1 Å². The van der Waals surface area contributed by atoms with Crippen molar-refractivity contribution in [3.63, 3.8) is 0 Å². The average molecular weight is 346 g/mol. The Labute approximate surface area is 129 Å².